The molecule has 0 bridgehead atoms. The molecule has 1 unspecified atom stereocenters. The fourth-order valence-corrected chi connectivity index (χ4v) is 2.79. The largest absolute Gasteiger partial charge is 0.475 e. The third kappa shape index (κ3) is 5.22. The maximum absolute atomic E-state index is 14.5. The predicted octanol–water partition coefficient (Wildman–Crippen LogP) is 3.22. The van der Waals surface area contributed by atoms with Gasteiger partial charge in [-0.2, -0.15) is 5.10 Å². The molecule has 2 heterocycles. The summed E-state index contributed by atoms with van der Waals surface area (Å²) in [7, 11) is 0. The molecule has 6 N–H and O–H groups in total. The molecule has 0 fully saturated rings. The number of hydrogen-bond acceptors (Lipinski definition) is 7. The van der Waals surface area contributed by atoms with Crippen LogP contribution in [0.1, 0.15) is 31.0 Å². The Morgan fingerprint density at radius 1 is 1.17 bits per heavy atom. The Morgan fingerprint density at radius 3 is 2.53 bits per heavy atom. The zero-order valence-electron chi connectivity index (χ0n) is 16.6. The predicted molar refractivity (Wildman–Crippen MR) is 110 cm³/mol. The molecule has 8 nitrogen and oxygen atoms in total. The summed E-state index contributed by atoms with van der Waals surface area (Å²) in [6.07, 6.45) is -0.0466. The first-order chi connectivity index (χ1) is 14.4. The van der Waals surface area contributed by atoms with Crippen LogP contribution in [0.25, 0.3) is 0 Å². The van der Waals surface area contributed by atoms with Crippen molar-refractivity contribution in [3.8, 4) is 5.88 Å². The quantitative estimate of drug-likeness (QED) is 0.362. The highest BCUT2D eigenvalue weighted by atomic mass is 19.1. The van der Waals surface area contributed by atoms with E-state index in [1.165, 1.54) is 18.2 Å². The van der Waals surface area contributed by atoms with E-state index in [-0.39, 0.29) is 30.9 Å². The molecule has 0 aliphatic rings. The highest BCUT2D eigenvalue weighted by molar-refractivity contribution is 5.59. The molecular formula is C20H24F2N6O2. The summed E-state index contributed by atoms with van der Waals surface area (Å²) in [5.74, 6) is -0.0313. The third-order valence-corrected chi connectivity index (χ3v) is 4.20. The fourth-order valence-electron chi connectivity index (χ4n) is 2.79. The molecule has 0 radical (unpaired) electrons. The molecule has 0 aliphatic heterocycles. The van der Waals surface area contributed by atoms with Gasteiger partial charge in [0.25, 0.3) is 0 Å². The number of halogens is 2. The summed E-state index contributed by atoms with van der Waals surface area (Å²) in [5.41, 5.74) is 6.80. The van der Waals surface area contributed by atoms with Crippen LogP contribution in [0.15, 0.2) is 36.4 Å². The van der Waals surface area contributed by atoms with E-state index >= 15 is 0 Å². The van der Waals surface area contributed by atoms with E-state index in [1.807, 2.05) is 13.8 Å². The molecule has 160 valence electrons. The fraction of sp³-hybridized carbons (Fsp3) is 0.300. The number of aliphatic hydroxyl groups excluding tert-OH is 1. The molecular weight excluding hydrogens is 394 g/mol. The van der Waals surface area contributed by atoms with E-state index in [2.05, 4.69) is 25.8 Å². The van der Waals surface area contributed by atoms with Gasteiger partial charge in [0.1, 0.15) is 11.6 Å². The van der Waals surface area contributed by atoms with Crippen molar-refractivity contribution in [2.24, 2.45) is 5.73 Å². The van der Waals surface area contributed by atoms with Crippen LogP contribution in [-0.4, -0.2) is 33.0 Å². The highest BCUT2D eigenvalue weighted by Crippen LogP contribution is 2.27. The van der Waals surface area contributed by atoms with Crippen LogP contribution < -0.4 is 21.1 Å². The minimum atomic E-state index is -0.613. The molecule has 30 heavy (non-hydrogen) atoms. The molecule has 0 spiro atoms. The van der Waals surface area contributed by atoms with E-state index in [0.29, 0.717) is 28.6 Å². The molecule has 1 atom stereocenters. The van der Waals surface area contributed by atoms with Gasteiger partial charge in [-0.05, 0) is 37.6 Å². The van der Waals surface area contributed by atoms with Crippen LogP contribution in [0.2, 0.25) is 0 Å². The van der Waals surface area contributed by atoms with Crippen LogP contribution in [0.5, 0.6) is 5.88 Å². The summed E-state index contributed by atoms with van der Waals surface area (Å²) in [5, 5.41) is 22.3. The molecule has 3 rings (SSSR count). The van der Waals surface area contributed by atoms with E-state index < -0.39 is 11.9 Å². The lowest BCUT2D eigenvalue weighted by Gasteiger charge is -2.20. The molecule has 0 saturated heterocycles. The number of aliphatic hydroxyl groups is 1. The zero-order chi connectivity index (χ0) is 21.7. The monoisotopic (exact) mass is 418 g/mol. The number of nitrogens with one attached hydrogen (secondary N) is 3. The summed E-state index contributed by atoms with van der Waals surface area (Å²) in [6.45, 7) is 3.49. The van der Waals surface area contributed by atoms with Crippen molar-refractivity contribution in [1.29, 1.82) is 0 Å². The van der Waals surface area contributed by atoms with Gasteiger partial charge in [0.15, 0.2) is 17.5 Å². The van der Waals surface area contributed by atoms with Crippen molar-refractivity contribution in [3.63, 3.8) is 0 Å². The van der Waals surface area contributed by atoms with Gasteiger partial charge in [0.2, 0.25) is 5.88 Å². The first-order valence-corrected chi connectivity index (χ1v) is 9.41. The second kappa shape index (κ2) is 9.51. The van der Waals surface area contributed by atoms with Crippen LogP contribution in [0.4, 0.5) is 26.2 Å². The lowest BCUT2D eigenvalue weighted by Crippen LogP contribution is -2.18. The normalized spacial score (nSPS) is 12.1. The number of ether oxygens (including phenoxy) is 1. The van der Waals surface area contributed by atoms with E-state index in [1.54, 1.807) is 18.2 Å². The number of rotatable bonds is 9. The van der Waals surface area contributed by atoms with Gasteiger partial charge >= 0.3 is 0 Å². The Bertz CT molecular complexity index is 978. The Labute approximate surface area is 172 Å². The van der Waals surface area contributed by atoms with Crippen LogP contribution in [0, 0.1) is 11.6 Å². The lowest BCUT2D eigenvalue weighted by atomic mass is 10.1. The summed E-state index contributed by atoms with van der Waals surface area (Å²) >= 11 is 0. The number of aromatic nitrogens is 3. The second-order valence-electron chi connectivity index (χ2n) is 6.87. The minimum Gasteiger partial charge on any atom is -0.475 e. The molecule has 2 aromatic heterocycles. The third-order valence-electron chi connectivity index (χ3n) is 4.20. The smallest absolute Gasteiger partial charge is 0.211 e. The number of pyridine rings is 1. The van der Waals surface area contributed by atoms with Gasteiger partial charge < -0.3 is 26.2 Å². The minimum absolute atomic E-state index is 0.0306. The second-order valence-corrected chi connectivity index (χ2v) is 6.87. The van der Waals surface area contributed by atoms with Gasteiger partial charge in [0, 0.05) is 18.2 Å². The summed E-state index contributed by atoms with van der Waals surface area (Å²) in [6, 6.07) is 7.95. The van der Waals surface area contributed by atoms with Crippen LogP contribution in [-0.2, 0) is 6.54 Å². The Balaban J connectivity index is 1.85. The number of benzene rings is 1. The average Bonchev–Trinajstić information content (AvgIpc) is 3.15. The number of nitrogens with two attached hydrogens (primary N) is 1. The lowest BCUT2D eigenvalue weighted by molar-refractivity contribution is 0.232. The number of anilines is 3. The first kappa shape index (κ1) is 21.5. The van der Waals surface area contributed by atoms with E-state index in [9.17, 15) is 13.9 Å². The molecule has 0 saturated carbocycles. The van der Waals surface area contributed by atoms with Crippen molar-refractivity contribution in [3.05, 3.63) is 59.2 Å². The maximum atomic E-state index is 14.5. The average molecular weight is 418 g/mol. The van der Waals surface area contributed by atoms with Gasteiger partial charge in [-0.3, -0.25) is 0 Å². The SMILES string of the molecule is CC(C)Oc1cc(Nc2nc(NC(CO)c3ccc(F)cc3)c(CN)cc2F)n[nH]1. The number of aromatic amines is 1. The van der Waals surface area contributed by atoms with Crippen molar-refractivity contribution < 1.29 is 18.6 Å². The van der Waals surface area contributed by atoms with Crippen LogP contribution >= 0.6 is 0 Å². The molecule has 0 aliphatic carbocycles. The number of nitrogens with zero attached hydrogens (tertiary/aromatic N) is 2. The van der Waals surface area contributed by atoms with Crippen molar-refractivity contribution in [2.75, 3.05) is 17.2 Å². The first-order valence-electron chi connectivity index (χ1n) is 9.41. The van der Waals surface area contributed by atoms with Crippen molar-refractivity contribution in [2.45, 2.75) is 32.5 Å². The topological polar surface area (TPSA) is 121 Å². The molecule has 1 aromatic carbocycles. The van der Waals surface area contributed by atoms with Gasteiger partial charge in [-0.1, -0.05) is 12.1 Å². The Kier molecular flexibility index (Phi) is 6.80. The number of hydrogen-bond donors (Lipinski definition) is 5. The van der Waals surface area contributed by atoms with Gasteiger partial charge in [-0.25, -0.2) is 18.9 Å². The van der Waals surface area contributed by atoms with E-state index in [4.69, 9.17) is 10.5 Å². The zero-order valence-corrected chi connectivity index (χ0v) is 16.6. The molecule has 10 heteroatoms. The highest BCUT2D eigenvalue weighted by Gasteiger charge is 2.17. The van der Waals surface area contributed by atoms with E-state index in [0.717, 1.165) is 0 Å². The maximum Gasteiger partial charge on any atom is 0.211 e. The van der Waals surface area contributed by atoms with Crippen molar-refractivity contribution >= 4 is 17.5 Å². The number of H-pyrrole nitrogens is 1. The van der Waals surface area contributed by atoms with Gasteiger partial charge in [0.05, 0.1) is 18.8 Å². The molecule has 3 aromatic rings. The standard InChI is InChI=1S/C20H24F2N6O2/c1-11(2)30-18-8-17(27-28-18)25-20-15(22)7-13(9-23)19(26-20)24-16(10-29)12-3-5-14(21)6-4-12/h3-8,11,16,29H,9-10,23H2,1-2H3,(H3,24,25,26,27,28). The van der Waals surface area contributed by atoms with Crippen LogP contribution in [0.3, 0.4) is 0 Å². The molecule has 0 amide bonds. The van der Waals surface area contributed by atoms with Crippen molar-refractivity contribution in [1.82, 2.24) is 15.2 Å². The summed E-state index contributed by atoms with van der Waals surface area (Å²) in [4.78, 5) is 4.28. The Hall–Kier alpha value is -3.24. The Morgan fingerprint density at radius 2 is 1.90 bits per heavy atom. The summed E-state index contributed by atoms with van der Waals surface area (Å²) < 4.78 is 33.2. The van der Waals surface area contributed by atoms with Gasteiger partial charge in [-0.15, -0.1) is 0 Å².